The number of hydrogen-bond acceptors (Lipinski definition) is 4. The van der Waals surface area contributed by atoms with Gasteiger partial charge in [0.15, 0.2) is 0 Å². The van der Waals surface area contributed by atoms with Gasteiger partial charge >= 0.3 is 6.09 Å². The topological polar surface area (TPSA) is 135 Å². The van der Waals surface area contributed by atoms with Gasteiger partial charge in [-0.25, -0.2) is 4.79 Å². The molecule has 0 bridgehead atoms. The fourth-order valence-corrected chi connectivity index (χ4v) is 4.45. The molecular weight excluding hydrogens is 420 g/mol. The highest BCUT2D eigenvalue weighted by atomic mass is 16.4. The predicted octanol–water partition coefficient (Wildman–Crippen LogP) is 3.69. The fourth-order valence-electron chi connectivity index (χ4n) is 4.45. The van der Waals surface area contributed by atoms with Gasteiger partial charge in [-0.15, -0.1) is 0 Å². The normalized spacial score (nSPS) is 15.9. The number of aromatic nitrogens is 1. The van der Waals surface area contributed by atoms with E-state index in [0.717, 1.165) is 41.6 Å². The number of H-pyrrole nitrogens is 1. The van der Waals surface area contributed by atoms with Crippen LogP contribution in [0.4, 0.5) is 4.79 Å². The highest BCUT2D eigenvalue weighted by Crippen LogP contribution is 2.29. The molecule has 2 aromatic rings. The zero-order valence-corrected chi connectivity index (χ0v) is 19.0. The van der Waals surface area contributed by atoms with E-state index in [0.29, 0.717) is 19.3 Å². The first kappa shape index (κ1) is 24.1. The summed E-state index contributed by atoms with van der Waals surface area (Å²) in [5.41, 5.74) is 2.30. The van der Waals surface area contributed by atoms with E-state index in [9.17, 15) is 24.8 Å². The molecule has 3 rings (SSSR count). The van der Waals surface area contributed by atoms with Crippen LogP contribution in [0.1, 0.15) is 63.1 Å². The fraction of sp³-hybridized carbons (Fsp3) is 0.440. The molecule has 1 aromatic heterocycles. The van der Waals surface area contributed by atoms with Gasteiger partial charge in [0.25, 0.3) is 0 Å². The molecule has 1 aromatic carbocycles. The van der Waals surface area contributed by atoms with E-state index in [-0.39, 0.29) is 11.5 Å². The maximum Gasteiger partial charge on any atom is 0.405 e. The standard InChI is InChI=1S/C25H30N4O4/c1-16(2)22-20(10-11-21(30)28-22)18-8-6-17(7-9-18)14-19(15-26)27-23(31)25(29-24(32)33)12-4-3-5-13-25/h6-11,16,19,29H,3-5,12-14H2,1-2H3,(H,27,31)(H,28,30)(H,32,33). The number of amides is 2. The molecule has 2 amide bonds. The summed E-state index contributed by atoms with van der Waals surface area (Å²) in [6.45, 7) is 4.03. The van der Waals surface area contributed by atoms with Crippen molar-refractivity contribution in [1.82, 2.24) is 15.6 Å². The number of nitrogens with one attached hydrogen (secondary N) is 3. The summed E-state index contributed by atoms with van der Waals surface area (Å²) < 4.78 is 0. The number of pyridine rings is 1. The van der Waals surface area contributed by atoms with E-state index < -0.39 is 23.6 Å². The van der Waals surface area contributed by atoms with Gasteiger partial charge in [0, 0.05) is 23.7 Å². The number of nitriles is 1. The first-order valence-electron chi connectivity index (χ1n) is 11.3. The van der Waals surface area contributed by atoms with Crippen LogP contribution >= 0.6 is 0 Å². The van der Waals surface area contributed by atoms with Crippen LogP contribution in [0.25, 0.3) is 11.1 Å². The van der Waals surface area contributed by atoms with Gasteiger partial charge in [-0.1, -0.05) is 57.4 Å². The van der Waals surface area contributed by atoms with Crippen LogP contribution < -0.4 is 16.2 Å². The Labute approximate surface area is 193 Å². The summed E-state index contributed by atoms with van der Waals surface area (Å²) in [5, 5.41) is 24.0. The second-order valence-corrected chi connectivity index (χ2v) is 8.93. The Hall–Kier alpha value is -3.60. The van der Waals surface area contributed by atoms with Crippen molar-refractivity contribution in [2.45, 2.75) is 69.9 Å². The molecule has 1 aliphatic carbocycles. The van der Waals surface area contributed by atoms with Gasteiger partial charge < -0.3 is 20.7 Å². The second kappa shape index (κ2) is 10.3. The summed E-state index contributed by atoms with van der Waals surface area (Å²) in [7, 11) is 0. The number of carboxylic acid groups (broad SMARTS) is 1. The van der Waals surface area contributed by atoms with Crippen molar-refractivity contribution < 1.29 is 14.7 Å². The molecule has 1 heterocycles. The van der Waals surface area contributed by atoms with Gasteiger partial charge in [-0.05, 0) is 36.0 Å². The summed E-state index contributed by atoms with van der Waals surface area (Å²) >= 11 is 0. The highest BCUT2D eigenvalue weighted by molar-refractivity contribution is 5.90. The summed E-state index contributed by atoms with van der Waals surface area (Å²) in [4.78, 5) is 38.9. The van der Waals surface area contributed by atoms with Crippen molar-refractivity contribution in [3.8, 4) is 17.2 Å². The lowest BCUT2D eigenvalue weighted by molar-refractivity contribution is -0.129. The lowest BCUT2D eigenvalue weighted by atomic mass is 9.80. The number of benzene rings is 1. The van der Waals surface area contributed by atoms with Gasteiger partial charge in [0.1, 0.15) is 11.6 Å². The Morgan fingerprint density at radius 2 is 1.79 bits per heavy atom. The van der Waals surface area contributed by atoms with Crippen molar-refractivity contribution >= 4 is 12.0 Å². The van der Waals surface area contributed by atoms with Crippen molar-refractivity contribution in [2.75, 3.05) is 0 Å². The van der Waals surface area contributed by atoms with E-state index in [1.165, 1.54) is 6.07 Å². The van der Waals surface area contributed by atoms with Crippen LogP contribution in [-0.4, -0.2) is 33.7 Å². The molecule has 174 valence electrons. The Bertz CT molecular complexity index is 1090. The lowest BCUT2D eigenvalue weighted by Gasteiger charge is -2.36. The molecule has 33 heavy (non-hydrogen) atoms. The monoisotopic (exact) mass is 450 g/mol. The van der Waals surface area contributed by atoms with Crippen molar-refractivity contribution in [3.05, 3.63) is 58.0 Å². The van der Waals surface area contributed by atoms with Crippen LogP contribution in [0.2, 0.25) is 0 Å². The summed E-state index contributed by atoms with van der Waals surface area (Å²) in [5.74, 6) is -0.291. The lowest BCUT2D eigenvalue weighted by Crippen LogP contribution is -2.61. The second-order valence-electron chi connectivity index (χ2n) is 8.93. The maximum absolute atomic E-state index is 13.0. The summed E-state index contributed by atoms with van der Waals surface area (Å²) in [6.07, 6.45) is 2.39. The molecular formula is C25H30N4O4. The predicted molar refractivity (Wildman–Crippen MR) is 125 cm³/mol. The first-order chi connectivity index (χ1) is 15.7. The van der Waals surface area contributed by atoms with Crippen LogP contribution in [0.3, 0.4) is 0 Å². The summed E-state index contributed by atoms with van der Waals surface area (Å²) in [6, 6.07) is 12.3. The largest absolute Gasteiger partial charge is 0.465 e. The van der Waals surface area contributed by atoms with E-state index in [1.807, 2.05) is 38.1 Å². The van der Waals surface area contributed by atoms with Gasteiger partial charge in [-0.2, -0.15) is 5.26 Å². The zero-order chi connectivity index (χ0) is 24.0. The smallest absolute Gasteiger partial charge is 0.405 e. The highest BCUT2D eigenvalue weighted by Gasteiger charge is 2.41. The van der Waals surface area contributed by atoms with Crippen LogP contribution in [0.5, 0.6) is 0 Å². The molecule has 0 radical (unpaired) electrons. The van der Waals surface area contributed by atoms with E-state index in [1.54, 1.807) is 6.07 Å². The Kier molecular flexibility index (Phi) is 7.54. The van der Waals surface area contributed by atoms with Crippen molar-refractivity contribution in [3.63, 3.8) is 0 Å². The van der Waals surface area contributed by atoms with Gasteiger partial charge in [0.2, 0.25) is 11.5 Å². The molecule has 0 spiro atoms. The minimum absolute atomic E-state index is 0.139. The number of nitrogens with zero attached hydrogens (tertiary/aromatic N) is 1. The maximum atomic E-state index is 13.0. The number of carbonyl (C=O) groups excluding carboxylic acids is 1. The van der Waals surface area contributed by atoms with Crippen molar-refractivity contribution in [1.29, 1.82) is 5.26 Å². The molecule has 1 unspecified atom stereocenters. The molecule has 1 atom stereocenters. The number of rotatable bonds is 7. The van der Waals surface area contributed by atoms with Gasteiger partial charge in [0.05, 0.1) is 6.07 Å². The van der Waals surface area contributed by atoms with E-state index in [4.69, 9.17) is 0 Å². The molecule has 0 saturated heterocycles. The third-order valence-corrected chi connectivity index (χ3v) is 6.18. The molecule has 1 saturated carbocycles. The quantitative estimate of drug-likeness (QED) is 0.510. The van der Waals surface area contributed by atoms with Crippen LogP contribution in [-0.2, 0) is 11.2 Å². The van der Waals surface area contributed by atoms with Crippen molar-refractivity contribution in [2.24, 2.45) is 0 Å². The number of aromatic amines is 1. The first-order valence-corrected chi connectivity index (χ1v) is 11.3. The van der Waals surface area contributed by atoms with Crippen LogP contribution in [0.15, 0.2) is 41.2 Å². The Balaban J connectivity index is 1.73. The third kappa shape index (κ3) is 5.80. The zero-order valence-electron chi connectivity index (χ0n) is 19.0. The molecule has 4 N–H and O–H groups in total. The third-order valence-electron chi connectivity index (χ3n) is 6.18. The average Bonchev–Trinajstić information content (AvgIpc) is 2.79. The molecule has 1 fully saturated rings. The minimum atomic E-state index is -1.24. The number of carbonyl (C=O) groups is 2. The SMILES string of the molecule is CC(C)c1[nH]c(=O)ccc1-c1ccc(CC(C#N)NC(=O)C2(NC(=O)O)CCCCC2)cc1. The Morgan fingerprint density at radius 3 is 2.36 bits per heavy atom. The average molecular weight is 451 g/mol. The number of hydrogen-bond donors (Lipinski definition) is 4. The van der Waals surface area contributed by atoms with E-state index >= 15 is 0 Å². The minimum Gasteiger partial charge on any atom is -0.465 e. The molecule has 8 nitrogen and oxygen atoms in total. The Morgan fingerprint density at radius 1 is 1.12 bits per heavy atom. The molecule has 1 aliphatic rings. The molecule has 8 heteroatoms. The molecule has 0 aliphatic heterocycles. The van der Waals surface area contributed by atoms with Gasteiger partial charge in [-0.3, -0.25) is 9.59 Å². The van der Waals surface area contributed by atoms with Crippen LogP contribution in [0, 0.1) is 11.3 Å². The van der Waals surface area contributed by atoms with E-state index in [2.05, 4.69) is 21.7 Å².